The molecule has 2 aromatic rings. The highest BCUT2D eigenvalue weighted by Crippen LogP contribution is 2.36. The van der Waals surface area contributed by atoms with E-state index in [-0.39, 0.29) is 18.9 Å². The maximum Gasteiger partial charge on any atom is 0.262 e. The van der Waals surface area contributed by atoms with Crippen LogP contribution in [-0.4, -0.2) is 56.2 Å². The lowest BCUT2D eigenvalue weighted by Crippen LogP contribution is -2.54. The SMILES string of the molecule is Nc1cn[nH]c1C1CCCCN1Cc1cccc2c1C(=O)N(C1CCC(=O)NC1=O)C2=O. The van der Waals surface area contributed by atoms with Gasteiger partial charge in [0.15, 0.2) is 0 Å². The smallest absolute Gasteiger partial charge is 0.262 e. The summed E-state index contributed by atoms with van der Waals surface area (Å²) in [6, 6.07) is 4.29. The Morgan fingerprint density at radius 1 is 1.06 bits per heavy atom. The summed E-state index contributed by atoms with van der Waals surface area (Å²) in [6.45, 7) is 1.29. The minimum atomic E-state index is -0.972. The molecule has 2 fully saturated rings. The van der Waals surface area contributed by atoms with E-state index in [9.17, 15) is 19.2 Å². The molecule has 0 aliphatic carbocycles. The number of piperidine rings is 2. The first-order valence-corrected chi connectivity index (χ1v) is 10.8. The lowest BCUT2D eigenvalue weighted by molar-refractivity contribution is -0.136. The van der Waals surface area contributed by atoms with Gasteiger partial charge >= 0.3 is 0 Å². The third-order valence-electron chi connectivity index (χ3n) is 6.57. The minimum absolute atomic E-state index is 0.0422. The molecule has 3 aliphatic heterocycles. The average Bonchev–Trinajstić information content (AvgIpc) is 3.31. The number of H-pyrrole nitrogens is 1. The summed E-state index contributed by atoms with van der Waals surface area (Å²) in [7, 11) is 0. The highest BCUT2D eigenvalue weighted by Gasteiger charge is 2.45. The van der Waals surface area contributed by atoms with Gasteiger partial charge < -0.3 is 5.73 Å². The minimum Gasteiger partial charge on any atom is -0.396 e. The van der Waals surface area contributed by atoms with E-state index in [4.69, 9.17) is 5.73 Å². The molecule has 0 spiro atoms. The van der Waals surface area contributed by atoms with Gasteiger partial charge in [0.25, 0.3) is 11.8 Å². The first-order valence-electron chi connectivity index (χ1n) is 10.8. The maximum absolute atomic E-state index is 13.3. The molecule has 1 aromatic heterocycles. The lowest BCUT2D eigenvalue weighted by Gasteiger charge is -2.35. The van der Waals surface area contributed by atoms with Crippen LogP contribution in [0.3, 0.4) is 0 Å². The number of hydrogen-bond donors (Lipinski definition) is 3. The Morgan fingerprint density at radius 2 is 1.91 bits per heavy atom. The predicted molar refractivity (Wildman–Crippen MR) is 113 cm³/mol. The molecule has 4 amide bonds. The average molecular weight is 436 g/mol. The number of imide groups is 2. The van der Waals surface area contributed by atoms with Crippen molar-refractivity contribution in [2.45, 2.75) is 50.7 Å². The number of carbonyl (C=O) groups is 4. The van der Waals surface area contributed by atoms with E-state index in [1.54, 1.807) is 18.3 Å². The molecule has 166 valence electrons. The van der Waals surface area contributed by atoms with Crippen molar-refractivity contribution in [3.05, 3.63) is 46.8 Å². The van der Waals surface area contributed by atoms with E-state index >= 15 is 0 Å². The zero-order chi connectivity index (χ0) is 22.4. The van der Waals surface area contributed by atoms with E-state index in [0.29, 0.717) is 23.4 Å². The van der Waals surface area contributed by atoms with Crippen LogP contribution >= 0.6 is 0 Å². The second kappa shape index (κ2) is 7.86. The molecule has 32 heavy (non-hydrogen) atoms. The Morgan fingerprint density at radius 3 is 2.66 bits per heavy atom. The summed E-state index contributed by atoms with van der Waals surface area (Å²) in [6.07, 6.45) is 4.83. The number of aromatic amines is 1. The van der Waals surface area contributed by atoms with Gasteiger partial charge in [-0.3, -0.25) is 39.4 Å². The topological polar surface area (TPSA) is 141 Å². The van der Waals surface area contributed by atoms with Gasteiger partial charge in [-0.15, -0.1) is 0 Å². The molecule has 4 N–H and O–H groups in total. The van der Waals surface area contributed by atoms with Crippen LogP contribution in [-0.2, 0) is 16.1 Å². The van der Waals surface area contributed by atoms with Crippen LogP contribution < -0.4 is 11.1 Å². The Bertz CT molecular complexity index is 1130. The number of anilines is 1. The van der Waals surface area contributed by atoms with Gasteiger partial charge in [-0.05, 0) is 37.4 Å². The highest BCUT2D eigenvalue weighted by molar-refractivity contribution is 6.24. The van der Waals surface area contributed by atoms with Crippen LogP contribution in [0, 0.1) is 0 Å². The molecule has 2 saturated heterocycles. The zero-order valence-corrected chi connectivity index (χ0v) is 17.5. The number of fused-ring (bicyclic) bond motifs is 1. The van der Waals surface area contributed by atoms with Crippen LogP contribution in [0.1, 0.15) is 70.1 Å². The summed E-state index contributed by atoms with van der Waals surface area (Å²) >= 11 is 0. The fourth-order valence-corrected chi connectivity index (χ4v) is 5.01. The van der Waals surface area contributed by atoms with Gasteiger partial charge in [0.2, 0.25) is 11.8 Å². The number of rotatable bonds is 4. The predicted octanol–water partition coefficient (Wildman–Crippen LogP) is 1.12. The largest absolute Gasteiger partial charge is 0.396 e. The van der Waals surface area contributed by atoms with Crippen molar-refractivity contribution in [3.63, 3.8) is 0 Å². The molecule has 3 aliphatic rings. The number of amides is 4. The Hall–Kier alpha value is -3.53. The molecule has 2 atom stereocenters. The summed E-state index contributed by atoms with van der Waals surface area (Å²) in [5.41, 5.74) is 8.94. The van der Waals surface area contributed by atoms with Gasteiger partial charge in [0, 0.05) is 13.0 Å². The van der Waals surface area contributed by atoms with Gasteiger partial charge in [0.1, 0.15) is 6.04 Å². The zero-order valence-electron chi connectivity index (χ0n) is 17.5. The molecule has 5 rings (SSSR count). The molecular weight excluding hydrogens is 412 g/mol. The second-order valence-corrected chi connectivity index (χ2v) is 8.51. The quantitative estimate of drug-likeness (QED) is 0.610. The van der Waals surface area contributed by atoms with E-state index < -0.39 is 29.7 Å². The van der Waals surface area contributed by atoms with E-state index in [1.807, 2.05) is 6.07 Å². The fraction of sp³-hybridized carbons (Fsp3) is 0.409. The van der Waals surface area contributed by atoms with Crippen LogP contribution in [0.5, 0.6) is 0 Å². The van der Waals surface area contributed by atoms with Crippen molar-refractivity contribution in [1.29, 1.82) is 0 Å². The molecule has 0 saturated carbocycles. The number of benzene rings is 1. The van der Waals surface area contributed by atoms with Gasteiger partial charge in [-0.2, -0.15) is 5.10 Å². The third kappa shape index (κ3) is 3.27. The molecule has 1 aromatic carbocycles. The Labute approximate surface area is 184 Å². The maximum atomic E-state index is 13.3. The van der Waals surface area contributed by atoms with Crippen molar-refractivity contribution in [2.75, 3.05) is 12.3 Å². The number of nitrogens with zero attached hydrogens (tertiary/aromatic N) is 3. The molecular formula is C22H24N6O4. The molecule has 0 bridgehead atoms. The van der Waals surface area contributed by atoms with Crippen molar-refractivity contribution in [2.24, 2.45) is 0 Å². The summed E-state index contributed by atoms with van der Waals surface area (Å²) in [5.74, 6) is -1.97. The number of carbonyl (C=O) groups excluding carboxylic acids is 4. The third-order valence-corrected chi connectivity index (χ3v) is 6.57. The molecule has 4 heterocycles. The Kier molecular flexibility index (Phi) is 5.01. The van der Waals surface area contributed by atoms with Gasteiger partial charge in [0.05, 0.1) is 34.7 Å². The first kappa shape index (κ1) is 20.4. The van der Waals surface area contributed by atoms with Gasteiger partial charge in [-0.25, -0.2) is 0 Å². The molecule has 2 unspecified atom stereocenters. The monoisotopic (exact) mass is 436 g/mol. The summed E-state index contributed by atoms with van der Waals surface area (Å²) < 4.78 is 0. The highest BCUT2D eigenvalue weighted by atomic mass is 16.2. The van der Waals surface area contributed by atoms with Crippen LogP contribution in [0.15, 0.2) is 24.4 Å². The van der Waals surface area contributed by atoms with Crippen molar-refractivity contribution >= 4 is 29.3 Å². The number of nitrogen functional groups attached to an aromatic ring is 1. The number of nitrogens with two attached hydrogens (primary N) is 1. The van der Waals surface area contributed by atoms with Crippen molar-refractivity contribution in [1.82, 2.24) is 25.3 Å². The molecule has 10 heteroatoms. The summed E-state index contributed by atoms with van der Waals surface area (Å²) in [5, 5.41) is 9.28. The first-order chi connectivity index (χ1) is 15.5. The van der Waals surface area contributed by atoms with E-state index in [1.165, 1.54) is 0 Å². The second-order valence-electron chi connectivity index (χ2n) is 8.51. The Balaban J connectivity index is 1.45. The van der Waals surface area contributed by atoms with Crippen LogP contribution in [0.2, 0.25) is 0 Å². The number of aromatic nitrogens is 2. The molecule has 0 radical (unpaired) electrons. The van der Waals surface area contributed by atoms with E-state index in [2.05, 4.69) is 20.4 Å². The van der Waals surface area contributed by atoms with Crippen LogP contribution in [0.4, 0.5) is 5.69 Å². The lowest BCUT2D eigenvalue weighted by atomic mass is 9.96. The van der Waals surface area contributed by atoms with Crippen molar-refractivity contribution < 1.29 is 19.2 Å². The number of likely N-dealkylation sites (tertiary alicyclic amines) is 1. The number of nitrogens with one attached hydrogen (secondary N) is 2. The normalized spacial score (nSPS) is 24.1. The van der Waals surface area contributed by atoms with Gasteiger partial charge in [-0.1, -0.05) is 18.6 Å². The van der Waals surface area contributed by atoms with Crippen molar-refractivity contribution in [3.8, 4) is 0 Å². The summed E-state index contributed by atoms with van der Waals surface area (Å²) in [4.78, 5) is 53.5. The van der Waals surface area contributed by atoms with E-state index in [0.717, 1.165) is 42.0 Å². The fourth-order valence-electron chi connectivity index (χ4n) is 5.01. The standard InChI is InChI=1S/C22H24N6O4/c23-14-10-24-26-19(14)15-6-1-2-9-27(15)11-12-4-3-5-13-18(12)22(32)28(21(13)31)16-7-8-17(29)25-20(16)30/h3-5,10,15-16H,1-2,6-9,11,23H2,(H,24,26)(H,25,29,30). The molecule has 10 nitrogen and oxygen atoms in total. The van der Waals surface area contributed by atoms with Crippen LogP contribution in [0.25, 0.3) is 0 Å². The number of hydrogen-bond acceptors (Lipinski definition) is 7.